The van der Waals surface area contributed by atoms with Crippen molar-refractivity contribution in [2.75, 3.05) is 31.5 Å². The lowest BCUT2D eigenvalue weighted by molar-refractivity contribution is -0.126. The van der Waals surface area contributed by atoms with Gasteiger partial charge in [-0.25, -0.2) is 14.8 Å². The van der Waals surface area contributed by atoms with E-state index in [1.165, 1.54) is 4.90 Å². The summed E-state index contributed by atoms with van der Waals surface area (Å²) in [6.45, 7) is 6.22. The molecule has 2 rings (SSSR count). The Morgan fingerprint density at radius 1 is 1.35 bits per heavy atom. The van der Waals surface area contributed by atoms with Gasteiger partial charge in [0.1, 0.15) is 11.6 Å². The highest BCUT2D eigenvalue weighted by Crippen LogP contribution is 2.16. The molecule has 26 heavy (non-hydrogen) atoms. The number of unbranched alkanes of at least 4 members (excludes halogenated alkanes) is 1. The predicted octanol–water partition coefficient (Wildman–Crippen LogP) is 1.45. The molecule has 0 radical (unpaired) electrons. The number of carbonyl (C=O) groups excluding carboxylic acids is 2. The van der Waals surface area contributed by atoms with E-state index in [0.29, 0.717) is 26.2 Å². The Morgan fingerprint density at radius 2 is 2.15 bits per heavy atom. The highest BCUT2D eigenvalue weighted by molar-refractivity contribution is 5.80. The van der Waals surface area contributed by atoms with E-state index in [-0.39, 0.29) is 11.8 Å². The van der Waals surface area contributed by atoms with Crippen LogP contribution in [0.2, 0.25) is 0 Å². The second kappa shape index (κ2) is 9.94. The molecule has 0 aromatic carbocycles. The third kappa shape index (κ3) is 6.16. The van der Waals surface area contributed by atoms with Crippen molar-refractivity contribution in [1.29, 1.82) is 0 Å². The fourth-order valence-corrected chi connectivity index (χ4v) is 3.08. The molecule has 8 nitrogen and oxygen atoms in total. The summed E-state index contributed by atoms with van der Waals surface area (Å²) in [7, 11) is 0. The summed E-state index contributed by atoms with van der Waals surface area (Å²) in [5, 5.41) is 6.16. The first-order valence-corrected chi connectivity index (χ1v) is 9.40. The van der Waals surface area contributed by atoms with Gasteiger partial charge >= 0.3 is 6.03 Å². The average Bonchev–Trinajstić information content (AvgIpc) is 2.63. The minimum absolute atomic E-state index is 0.0275. The van der Waals surface area contributed by atoms with Gasteiger partial charge in [-0.15, -0.1) is 0 Å². The molecule has 1 aromatic heterocycles. The zero-order chi connectivity index (χ0) is 18.9. The normalized spacial score (nSPS) is 17.0. The Bertz CT molecular complexity index is 622. The molecule has 144 valence electrons. The van der Waals surface area contributed by atoms with E-state index in [9.17, 15) is 9.59 Å². The zero-order valence-corrected chi connectivity index (χ0v) is 15.8. The molecule has 0 bridgehead atoms. The van der Waals surface area contributed by atoms with Crippen LogP contribution in [0, 0.1) is 12.8 Å². The van der Waals surface area contributed by atoms with E-state index in [1.54, 1.807) is 0 Å². The van der Waals surface area contributed by atoms with Gasteiger partial charge in [-0.05, 0) is 26.2 Å². The Labute approximate surface area is 154 Å². The van der Waals surface area contributed by atoms with Gasteiger partial charge in [0.2, 0.25) is 5.91 Å². The first-order chi connectivity index (χ1) is 12.5. The van der Waals surface area contributed by atoms with Gasteiger partial charge in [-0.3, -0.25) is 4.79 Å². The Morgan fingerprint density at radius 3 is 2.88 bits per heavy atom. The molecule has 0 aliphatic carbocycles. The molecule has 0 saturated carbocycles. The second-order valence-corrected chi connectivity index (χ2v) is 6.76. The number of hydrogen-bond donors (Lipinski definition) is 3. The number of carbonyl (C=O) groups is 2. The van der Waals surface area contributed by atoms with Gasteiger partial charge in [0.15, 0.2) is 0 Å². The van der Waals surface area contributed by atoms with Crippen molar-refractivity contribution in [2.24, 2.45) is 11.7 Å². The molecule has 8 heteroatoms. The van der Waals surface area contributed by atoms with Gasteiger partial charge in [-0.2, -0.15) is 0 Å². The van der Waals surface area contributed by atoms with E-state index >= 15 is 0 Å². The van der Waals surface area contributed by atoms with Crippen LogP contribution in [0.25, 0.3) is 0 Å². The number of aryl methyl sites for hydroxylation is 2. The van der Waals surface area contributed by atoms with Crippen LogP contribution in [0.3, 0.4) is 0 Å². The summed E-state index contributed by atoms with van der Waals surface area (Å²) in [6.07, 6.45) is 4.65. The molecule has 3 amide bonds. The van der Waals surface area contributed by atoms with Crippen LogP contribution >= 0.6 is 0 Å². The van der Waals surface area contributed by atoms with Gasteiger partial charge < -0.3 is 21.3 Å². The van der Waals surface area contributed by atoms with Crippen LogP contribution in [0.1, 0.15) is 44.1 Å². The number of hydrogen-bond acceptors (Lipinski definition) is 5. The van der Waals surface area contributed by atoms with Crippen LogP contribution in [0.15, 0.2) is 6.07 Å². The Hall–Kier alpha value is -2.38. The third-order valence-electron chi connectivity index (χ3n) is 4.49. The summed E-state index contributed by atoms with van der Waals surface area (Å²) in [4.78, 5) is 34.0. The van der Waals surface area contributed by atoms with E-state index < -0.39 is 6.03 Å². The maximum absolute atomic E-state index is 12.3. The zero-order valence-electron chi connectivity index (χ0n) is 15.8. The largest absolute Gasteiger partial charge is 0.368 e. The summed E-state index contributed by atoms with van der Waals surface area (Å²) >= 11 is 0. The number of nitrogens with two attached hydrogens (primary N) is 1. The number of anilines is 1. The van der Waals surface area contributed by atoms with Crippen molar-refractivity contribution in [2.45, 2.75) is 46.0 Å². The van der Waals surface area contributed by atoms with Gasteiger partial charge in [-0.1, -0.05) is 13.3 Å². The third-order valence-corrected chi connectivity index (χ3v) is 4.49. The molecule has 1 saturated heterocycles. The molecule has 1 atom stereocenters. The highest BCUT2D eigenvalue weighted by Gasteiger charge is 2.27. The maximum Gasteiger partial charge on any atom is 0.314 e. The number of rotatable bonds is 8. The molecule has 1 aromatic rings. The second-order valence-electron chi connectivity index (χ2n) is 6.76. The molecule has 1 fully saturated rings. The number of aromatic nitrogens is 2. The van der Waals surface area contributed by atoms with Crippen molar-refractivity contribution in [3.05, 3.63) is 17.6 Å². The van der Waals surface area contributed by atoms with Gasteiger partial charge in [0, 0.05) is 44.4 Å². The number of nitrogens with one attached hydrogen (secondary N) is 2. The Kier molecular flexibility index (Phi) is 7.62. The van der Waals surface area contributed by atoms with Crippen LogP contribution in [0.4, 0.5) is 10.6 Å². The van der Waals surface area contributed by atoms with Crippen LogP contribution in [0.5, 0.6) is 0 Å². The first-order valence-electron chi connectivity index (χ1n) is 9.40. The fraction of sp³-hybridized carbons (Fsp3) is 0.667. The fourth-order valence-electron chi connectivity index (χ4n) is 3.08. The number of piperidine rings is 1. The average molecular weight is 362 g/mol. The van der Waals surface area contributed by atoms with Crippen molar-refractivity contribution in [1.82, 2.24) is 20.2 Å². The van der Waals surface area contributed by atoms with E-state index in [1.807, 2.05) is 13.0 Å². The number of primary amides is 1. The molecule has 1 unspecified atom stereocenters. The number of urea groups is 1. The van der Waals surface area contributed by atoms with Crippen molar-refractivity contribution in [3.8, 4) is 0 Å². The van der Waals surface area contributed by atoms with E-state index in [2.05, 4.69) is 27.5 Å². The lowest BCUT2D eigenvalue weighted by atomic mass is 9.97. The minimum atomic E-state index is -0.456. The molecule has 4 N–H and O–H groups in total. The van der Waals surface area contributed by atoms with Crippen molar-refractivity contribution >= 4 is 17.8 Å². The number of nitrogens with zero attached hydrogens (tertiary/aromatic N) is 3. The molecule has 1 aliphatic rings. The SMILES string of the molecule is CCCCc1nc(C)cc(NCCNC(=O)C2CCCN(C(N)=O)C2)n1. The van der Waals surface area contributed by atoms with E-state index in [4.69, 9.17) is 5.73 Å². The van der Waals surface area contributed by atoms with E-state index in [0.717, 1.165) is 49.4 Å². The van der Waals surface area contributed by atoms with Crippen LogP contribution in [-0.2, 0) is 11.2 Å². The topological polar surface area (TPSA) is 113 Å². The molecule has 2 heterocycles. The maximum atomic E-state index is 12.3. The minimum Gasteiger partial charge on any atom is -0.368 e. The Balaban J connectivity index is 1.75. The highest BCUT2D eigenvalue weighted by atomic mass is 16.2. The van der Waals surface area contributed by atoms with Crippen LogP contribution < -0.4 is 16.4 Å². The van der Waals surface area contributed by atoms with Gasteiger partial charge in [0.25, 0.3) is 0 Å². The predicted molar refractivity (Wildman–Crippen MR) is 101 cm³/mol. The summed E-state index contributed by atoms with van der Waals surface area (Å²) in [5.41, 5.74) is 6.24. The number of likely N-dealkylation sites (tertiary alicyclic amines) is 1. The molecule has 1 aliphatic heterocycles. The first kappa shape index (κ1) is 19.9. The summed E-state index contributed by atoms with van der Waals surface area (Å²) < 4.78 is 0. The van der Waals surface area contributed by atoms with Crippen molar-refractivity contribution in [3.63, 3.8) is 0 Å². The van der Waals surface area contributed by atoms with Gasteiger partial charge in [0.05, 0.1) is 5.92 Å². The molecule has 0 spiro atoms. The standard InChI is InChI=1S/C18H30N6O2/c1-3-4-7-15-22-13(2)11-16(23-15)20-8-9-21-17(25)14-6-5-10-24(12-14)18(19)26/h11,14H,3-10,12H2,1-2H3,(H2,19,26)(H,21,25)(H,20,22,23). The smallest absolute Gasteiger partial charge is 0.314 e. The number of amides is 3. The summed E-state index contributed by atoms with van der Waals surface area (Å²) in [5.74, 6) is 1.43. The van der Waals surface area contributed by atoms with Crippen LogP contribution in [-0.4, -0.2) is 53.0 Å². The lowest BCUT2D eigenvalue weighted by Gasteiger charge is -2.30. The van der Waals surface area contributed by atoms with Crippen molar-refractivity contribution < 1.29 is 9.59 Å². The monoisotopic (exact) mass is 362 g/mol. The molecular formula is C18H30N6O2. The summed E-state index contributed by atoms with van der Waals surface area (Å²) in [6, 6.07) is 1.45. The molecular weight excluding hydrogens is 332 g/mol. The lowest BCUT2D eigenvalue weighted by Crippen LogP contribution is -2.47. The quantitative estimate of drug-likeness (QED) is 0.606.